The molecule has 0 radical (unpaired) electrons. The molecule has 3 N–H and O–H groups in total. The van der Waals surface area contributed by atoms with Crippen molar-refractivity contribution in [3.63, 3.8) is 0 Å². The van der Waals surface area contributed by atoms with Gasteiger partial charge in [-0.05, 0) is 80.0 Å². The highest BCUT2D eigenvalue weighted by Gasteiger charge is 2.24. The van der Waals surface area contributed by atoms with Crippen LogP contribution in [0.2, 0.25) is 0 Å². The Balaban J connectivity index is 1.38. The number of phenols is 2. The molecule has 1 unspecified atom stereocenters. The fraction of sp³-hybridized carbons (Fsp3) is 0.286. The maximum Gasteiger partial charge on any atom is 0.141 e. The number of furan rings is 1. The molecule has 0 aliphatic carbocycles. The maximum absolute atomic E-state index is 11.4. The molecular weight excluding hydrogens is 430 g/mol. The van der Waals surface area contributed by atoms with E-state index in [1.54, 1.807) is 36.4 Å². The van der Waals surface area contributed by atoms with Crippen molar-refractivity contribution in [3.05, 3.63) is 77.9 Å². The fourth-order valence-electron chi connectivity index (χ4n) is 4.59. The molecule has 0 spiro atoms. The predicted molar refractivity (Wildman–Crippen MR) is 131 cm³/mol. The van der Waals surface area contributed by atoms with E-state index in [0.717, 1.165) is 36.3 Å². The van der Waals surface area contributed by atoms with Gasteiger partial charge in [-0.3, -0.25) is 4.90 Å². The number of hydrogen-bond acceptors (Lipinski definition) is 6. The molecule has 34 heavy (non-hydrogen) atoms. The number of piperidine rings is 1. The molecule has 5 rings (SSSR count). The zero-order chi connectivity index (χ0) is 23.5. The lowest BCUT2D eigenvalue weighted by Gasteiger charge is -2.26. The minimum atomic E-state index is -0.947. The van der Waals surface area contributed by atoms with Crippen molar-refractivity contribution in [1.82, 2.24) is 4.90 Å². The standard InChI is InChI=1S/C28H29NO5/c30-21-8-4-20(5-9-21)28-26(24-13-10-22(31)18-25(24)34-28)27(32)19-6-11-23(12-7-19)33-17-16-29-14-2-1-3-15-29/h4-13,18,27,30-32H,1-3,14-17H2. The molecule has 0 bridgehead atoms. The smallest absolute Gasteiger partial charge is 0.141 e. The number of aliphatic hydroxyl groups is 1. The molecule has 176 valence electrons. The number of phenolic OH excluding ortho intramolecular Hbond substituents is 2. The Morgan fingerprint density at radius 2 is 1.56 bits per heavy atom. The van der Waals surface area contributed by atoms with Gasteiger partial charge in [0.1, 0.15) is 41.3 Å². The summed E-state index contributed by atoms with van der Waals surface area (Å²) in [4.78, 5) is 2.44. The number of benzene rings is 3. The number of aliphatic hydroxyl groups excluding tert-OH is 1. The SMILES string of the molecule is Oc1ccc(-c2oc3cc(O)ccc3c2C(O)c2ccc(OCCN3CCCCC3)cc2)cc1. The van der Waals surface area contributed by atoms with Crippen LogP contribution < -0.4 is 4.74 Å². The van der Waals surface area contributed by atoms with Gasteiger partial charge in [-0.1, -0.05) is 18.6 Å². The molecule has 1 saturated heterocycles. The molecule has 0 saturated carbocycles. The van der Waals surface area contributed by atoms with E-state index in [1.165, 1.54) is 25.3 Å². The first-order valence-electron chi connectivity index (χ1n) is 11.8. The summed E-state index contributed by atoms with van der Waals surface area (Å²) in [5.41, 5.74) is 2.52. The van der Waals surface area contributed by atoms with Gasteiger partial charge < -0.3 is 24.5 Å². The topological polar surface area (TPSA) is 86.3 Å². The molecule has 1 aliphatic rings. The van der Waals surface area contributed by atoms with Crippen LogP contribution in [-0.4, -0.2) is 46.5 Å². The lowest BCUT2D eigenvalue weighted by atomic mass is 9.96. The van der Waals surface area contributed by atoms with Crippen LogP contribution in [0.1, 0.15) is 36.5 Å². The summed E-state index contributed by atoms with van der Waals surface area (Å²) in [5.74, 6) is 1.50. The Labute approximate surface area is 198 Å². The molecule has 6 nitrogen and oxygen atoms in total. The van der Waals surface area contributed by atoms with Gasteiger partial charge >= 0.3 is 0 Å². The second-order valence-corrected chi connectivity index (χ2v) is 8.79. The quantitative estimate of drug-likeness (QED) is 0.340. The third-order valence-electron chi connectivity index (χ3n) is 6.44. The Morgan fingerprint density at radius 1 is 0.853 bits per heavy atom. The van der Waals surface area contributed by atoms with E-state index >= 15 is 0 Å². The fourth-order valence-corrected chi connectivity index (χ4v) is 4.59. The number of ether oxygens (including phenoxy) is 1. The molecule has 1 atom stereocenters. The lowest BCUT2D eigenvalue weighted by molar-refractivity contribution is 0.183. The van der Waals surface area contributed by atoms with Crippen molar-refractivity contribution in [3.8, 4) is 28.6 Å². The Morgan fingerprint density at radius 3 is 2.29 bits per heavy atom. The largest absolute Gasteiger partial charge is 0.508 e. The van der Waals surface area contributed by atoms with Crippen LogP contribution >= 0.6 is 0 Å². The number of hydrogen-bond donors (Lipinski definition) is 3. The molecular formula is C28H29NO5. The molecule has 2 heterocycles. The monoisotopic (exact) mass is 459 g/mol. The first kappa shape index (κ1) is 22.3. The van der Waals surface area contributed by atoms with E-state index in [-0.39, 0.29) is 11.5 Å². The van der Waals surface area contributed by atoms with Crippen molar-refractivity contribution >= 4 is 11.0 Å². The Bertz CT molecular complexity index is 1240. The molecule has 6 heteroatoms. The number of likely N-dealkylation sites (tertiary alicyclic amines) is 1. The van der Waals surface area contributed by atoms with Gasteiger partial charge in [0.25, 0.3) is 0 Å². The second kappa shape index (κ2) is 9.79. The van der Waals surface area contributed by atoms with Crippen molar-refractivity contribution in [2.45, 2.75) is 25.4 Å². The van der Waals surface area contributed by atoms with Crippen LogP contribution in [-0.2, 0) is 0 Å². The molecule has 1 aromatic heterocycles. The highest BCUT2D eigenvalue weighted by atomic mass is 16.5. The van der Waals surface area contributed by atoms with E-state index in [0.29, 0.717) is 29.1 Å². The number of aromatic hydroxyl groups is 2. The minimum absolute atomic E-state index is 0.0885. The summed E-state index contributed by atoms with van der Waals surface area (Å²) in [6, 6.07) is 19.0. The van der Waals surface area contributed by atoms with Crippen LogP contribution in [0, 0.1) is 0 Å². The van der Waals surface area contributed by atoms with E-state index in [2.05, 4.69) is 4.90 Å². The van der Waals surface area contributed by atoms with E-state index in [1.807, 2.05) is 24.3 Å². The molecule has 1 aliphatic heterocycles. The van der Waals surface area contributed by atoms with Gasteiger partial charge in [-0.25, -0.2) is 0 Å². The van der Waals surface area contributed by atoms with Crippen LogP contribution in [0.4, 0.5) is 0 Å². The van der Waals surface area contributed by atoms with Crippen molar-refractivity contribution < 1.29 is 24.5 Å². The van der Waals surface area contributed by atoms with Gasteiger partial charge in [0.05, 0.1) is 0 Å². The third kappa shape index (κ3) is 4.74. The summed E-state index contributed by atoms with van der Waals surface area (Å²) >= 11 is 0. The van der Waals surface area contributed by atoms with Gasteiger partial charge in [0.15, 0.2) is 0 Å². The molecule has 3 aromatic carbocycles. The zero-order valence-electron chi connectivity index (χ0n) is 19.0. The first-order chi connectivity index (χ1) is 16.6. The normalized spacial score (nSPS) is 15.4. The van der Waals surface area contributed by atoms with E-state index in [4.69, 9.17) is 9.15 Å². The zero-order valence-corrected chi connectivity index (χ0v) is 19.0. The molecule has 0 amide bonds. The van der Waals surface area contributed by atoms with Gasteiger partial charge in [-0.2, -0.15) is 0 Å². The lowest BCUT2D eigenvalue weighted by Crippen LogP contribution is -2.33. The highest BCUT2D eigenvalue weighted by Crippen LogP contribution is 2.41. The Kier molecular flexibility index (Phi) is 6.43. The molecule has 4 aromatic rings. The van der Waals surface area contributed by atoms with Crippen molar-refractivity contribution in [2.24, 2.45) is 0 Å². The summed E-state index contributed by atoms with van der Waals surface area (Å²) in [5, 5.41) is 31.7. The second-order valence-electron chi connectivity index (χ2n) is 8.79. The van der Waals surface area contributed by atoms with Crippen LogP contribution in [0.3, 0.4) is 0 Å². The first-order valence-corrected chi connectivity index (χ1v) is 11.8. The molecule has 1 fully saturated rings. The predicted octanol–water partition coefficient (Wildman–Crippen LogP) is 5.46. The summed E-state index contributed by atoms with van der Waals surface area (Å²) in [7, 11) is 0. The van der Waals surface area contributed by atoms with Crippen LogP contribution in [0.15, 0.2) is 71.1 Å². The van der Waals surface area contributed by atoms with Gasteiger partial charge in [0.2, 0.25) is 0 Å². The average Bonchev–Trinajstić information content (AvgIpc) is 3.23. The summed E-state index contributed by atoms with van der Waals surface area (Å²) < 4.78 is 12.0. The van der Waals surface area contributed by atoms with Crippen molar-refractivity contribution in [2.75, 3.05) is 26.2 Å². The summed E-state index contributed by atoms with van der Waals surface area (Å²) in [6.45, 7) is 3.86. The van der Waals surface area contributed by atoms with E-state index in [9.17, 15) is 15.3 Å². The number of rotatable bonds is 7. The van der Waals surface area contributed by atoms with Gasteiger partial charge in [0, 0.05) is 29.1 Å². The minimum Gasteiger partial charge on any atom is -0.508 e. The van der Waals surface area contributed by atoms with E-state index < -0.39 is 6.10 Å². The van der Waals surface area contributed by atoms with Crippen molar-refractivity contribution in [1.29, 1.82) is 0 Å². The number of nitrogens with zero attached hydrogens (tertiary/aromatic N) is 1. The van der Waals surface area contributed by atoms with Crippen LogP contribution in [0.5, 0.6) is 17.2 Å². The Hall–Kier alpha value is -3.48. The average molecular weight is 460 g/mol. The third-order valence-corrected chi connectivity index (χ3v) is 6.44. The maximum atomic E-state index is 11.4. The highest BCUT2D eigenvalue weighted by molar-refractivity contribution is 5.89. The number of fused-ring (bicyclic) bond motifs is 1. The van der Waals surface area contributed by atoms with Crippen LogP contribution in [0.25, 0.3) is 22.3 Å². The summed E-state index contributed by atoms with van der Waals surface area (Å²) in [6.07, 6.45) is 2.90. The van der Waals surface area contributed by atoms with Gasteiger partial charge in [-0.15, -0.1) is 0 Å².